The van der Waals surface area contributed by atoms with Gasteiger partial charge in [-0.1, -0.05) is 44.2 Å². The molecule has 3 aromatic rings. The quantitative estimate of drug-likeness (QED) is 0.389. The van der Waals surface area contributed by atoms with Gasteiger partial charge in [-0.2, -0.15) is 0 Å². The zero-order valence-corrected chi connectivity index (χ0v) is 20.5. The van der Waals surface area contributed by atoms with Gasteiger partial charge in [0.1, 0.15) is 12.4 Å². The number of para-hydroxylation sites is 1. The van der Waals surface area contributed by atoms with Crippen molar-refractivity contribution >= 4 is 5.91 Å². The summed E-state index contributed by atoms with van der Waals surface area (Å²) >= 11 is 0. The summed E-state index contributed by atoms with van der Waals surface area (Å²) < 4.78 is 22.5. The summed E-state index contributed by atoms with van der Waals surface area (Å²) in [6.45, 7) is 4.62. The highest BCUT2D eigenvalue weighted by atomic mass is 16.5. The highest BCUT2D eigenvalue weighted by Crippen LogP contribution is 2.43. The molecule has 0 saturated carbocycles. The molecule has 0 heterocycles. The Hall–Kier alpha value is -3.67. The van der Waals surface area contributed by atoms with Gasteiger partial charge in [0.2, 0.25) is 5.75 Å². The highest BCUT2D eigenvalue weighted by molar-refractivity contribution is 5.94. The molecule has 1 amide bonds. The molecule has 6 heteroatoms. The summed E-state index contributed by atoms with van der Waals surface area (Å²) in [6.07, 6.45) is 0.731. The first-order valence-electron chi connectivity index (χ1n) is 11.3. The van der Waals surface area contributed by atoms with Crippen LogP contribution in [0.5, 0.6) is 23.0 Å². The van der Waals surface area contributed by atoms with Crippen molar-refractivity contribution in [1.82, 2.24) is 5.32 Å². The van der Waals surface area contributed by atoms with Crippen molar-refractivity contribution in [2.24, 2.45) is 5.92 Å². The first-order chi connectivity index (χ1) is 16.5. The minimum Gasteiger partial charge on any atom is -0.493 e. The molecule has 0 saturated heterocycles. The van der Waals surface area contributed by atoms with Gasteiger partial charge in [-0.3, -0.25) is 4.79 Å². The third kappa shape index (κ3) is 6.22. The van der Waals surface area contributed by atoms with Crippen molar-refractivity contribution in [3.8, 4) is 23.0 Å². The molecule has 0 bridgehead atoms. The normalized spacial score (nSPS) is 11.6. The van der Waals surface area contributed by atoms with Gasteiger partial charge in [-0.05, 0) is 54.3 Å². The predicted molar refractivity (Wildman–Crippen MR) is 133 cm³/mol. The van der Waals surface area contributed by atoms with E-state index in [0.717, 1.165) is 23.3 Å². The number of benzene rings is 3. The van der Waals surface area contributed by atoms with Crippen LogP contribution >= 0.6 is 0 Å². The number of nitrogens with one attached hydrogen (secondary N) is 1. The molecule has 0 aliphatic rings. The van der Waals surface area contributed by atoms with E-state index >= 15 is 0 Å². The zero-order valence-electron chi connectivity index (χ0n) is 20.5. The lowest BCUT2D eigenvalue weighted by Crippen LogP contribution is -2.30. The van der Waals surface area contributed by atoms with Gasteiger partial charge in [0.25, 0.3) is 5.91 Å². The van der Waals surface area contributed by atoms with Crippen molar-refractivity contribution in [3.05, 3.63) is 83.4 Å². The molecule has 0 fully saturated rings. The van der Waals surface area contributed by atoms with Gasteiger partial charge < -0.3 is 24.3 Å². The van der Waals surface area contributed by atoms with Crippen molar-refractivity contribution in [2.45, 2.75) is 32.9 Å². The average Bonchev–Trinajstić information content (AvgIpc) is 2.86. The van der Waals surface area contributed by atoms with Crippen molar-refractivity contribution in [1.29, 1.82) is 0 Å². The van der Waals surface area contributed by atoms with E-state index in [1.54, 1.807) is 27.4 Å². The molecule has 1 atom stereocenters. The summed E-state index contributed by atoms with van der Waals surface area (Å²) in [5, 5.41) is 3.19. The van der Waals surface area contributed by atoms with Crippen molar-refractivity contribution < 1.29 is 23.7 Å². The van der Waals surface area contributed by atoms with Crippen LogP contribution in [0.4, 0.5) is 0 Å². The molecule has 34 heavy (non-hydrogen) atoms. The lowest BCUT2D eigenvalue weighted by Gasteiger charge is -2.25. The highest BCUT2D eigenvalue weighted by Gasteiger charge is 2.25. The molecule has 3 rings (SSSR count). The smallest absolute Gasteiger partial charge is 0.251 e. The fourth-order valence-corrected chi connectivity index (χ4v) is 3.86. The topological polar surface area (TPSA) is 66.0 Å². The van der Waals surface area contributed by atoms with Crippen LogP contribution in [0, 0.1) is 5.92 Å². The maximum atomic E-state index is 13.3. The number of carbonyl (C=O) groups is 1. The molecule has 3 aromatic carbocycles. The monoisotopic (exact) mass is 463 g/mol. The van der Waals surface area contributed by atoms with Crippen LogP contribution in [0.3, 0.4) is 0 Å². The second-order valence-corrected chi connectivity index (χ2v) is 8.38. The first-order valence-corrected chi connectivity index (χ1v) is 11.3. The molecule has 6 nitrogen and oxygen atoms in total. The van der Waals surface area contributed by atoms with Crippen LogP contribution in [-0.4, -0.2) is 27.2 Å². The van der Waals surface area contributed by atoms with E-state index in [0.29, 0.717) is 35.3 Å². The Morgan fingerprint density at radius 1 is 0.853 bits per heavy atom. The van der Waals surface area contributed by atoms with E-state index in [1.165, 1.54) is 0 Å². The Balaban J connectivity index is 1.83. The standard InChI is InChI=1S/C28H33NO5/c1-19(2)16-24(23-14-15-25(31-3)27(33-5)26(23)32-4)29-28(30)21-11-9-10-20(17-21)18-34-22-12-7-6-8-13-22/h6-15,17,19,24H,16,18H2,1-5H3,(H,29,30). The predicted octanol–water partition coefficient (Wildman–Crippen LogP) is 5.81. The number of ether oxygens (including phenoxy) is 4. The molecule has 1 unspecified atom stereocenters. The van der Waals surface area contributed by atoms with E-state index < -0.39 is 0 Å². The Bertz CT molecular complexity index is 1080. The van der Waals surface area contributed by atoms with Gasteiger partial charge in [0.15, 0.2) is 11.5 Å². The van der Waals surface area contributed by atoms with Crippen LogP contribution in [0.2, 0.25) is 0 Å². The van der Waals surface area contributed by atoms with E-state index in [1.807, 2.05) is 60.7 Å². The third-order valence-corrected chi connectivity index (χ3v) is 5.46. The number of carbonyl (C=O) groups excluding carboxylic acids is 1. The maximum absolute atomic E-state index is 13.3. The molecule has 0 radical (unpaired) electrons. The van der Waals surface area contributed by atoms with Crippen LogP contribution in [0.1, 0.15) is 47.8 Å². The summed E-state index contributed by atoms with van der Waals surface area (Å²) in [7, 11) is 4.74. The van der Waals surface area contributed by atoms with Gasteiger partial charge in [0, 0.05) is 11.1 Å². The summed E-state index contributed by atoms with van der Waals surface area (Å²) in [5.41, 5.74) is 2.33. The summed E-state index contributed by atoms with van der Waals surface area (Å²) in [6, 6.07) is 20.6. The Morgan fingerprint density at radius 3 is 2.24 bits per heavy atom. The van der Waals surface area contributed by atoms with Crippen LogP contribution in [0.25, 0.3) is 0 Å². The molecule has 0 aliphatic heterocycles. The van der Waals surface area contributed by atoms with Crippen molar-refractivity contribution in [2.75, 3.05) is 21.3 Å². The third-order valence-electron chi connectivity index (χ3n) is 5.46. The lowest BCUT2D eigenvalue weighted by atomic mass is 9.95. The van der Waals surface area contributed by atoms with E-state index in [-0.39, 0.29) is 11.9 Å². The Labute approximate surface area is 201 Å². The van der Waals surface area contributed by atoms with E-state index in [2.05, 4.69) is 19.2 Å². The van der Waals surface area contributed by atoms with Gasteiger partial charge in [-0.15, -0.1) is 0 Å². The number of amides is 1. The van der Waals surface area contributed by atoms with Gasteiger partial charge in [0.05, 0.1) is 27.4 Å². The summed E-state index contributed by atoms with van der Waals surface area (Å²) in [4.78, 5) is 13.3. The van der Waals surface area contributed by atoms with Crippen LogP contribution in [0.15, 0.2) is 66.7 Å². The maximum Gasteiger partial charge on any atom is 0.251 e. The van der Waals surface area contributed by atoms with E-state index in [9.17, 15) is 4.79 Å². The van der Waals surface area contributed by atoms with Gasteiger partial charge >= 0.3 is 0 Å². The Kier molecular flexibility index (Phi) is 8.79. The molecular weight excluding hydrogens is 430 g/mol. The van der Waals surface area contributed by atoms with E-state index in [4.69, 9.17) is 18.9 Å². The van der Waals surface area contributed by atoms with Crippen molar-refractivity contribution in [3.63, 3.8) is 0 Å². The summed E-state index contributed by atoms with van der Waals surface area (Å²) in [5.74, 6) is 2.60. The molecule has 0 aromatic heterocycles. The second-order valence-electron chi connectivity index (χ2n) is 8.38. The largest absolute Gasteiger partial charge is 0.493 e. The second kappa shape index (κ2) is 12.0. The fourth-order valence-electron chi connectivity index (χ4n) is 3.86. The number of hydrogen-bond acceptors (Lipinski definition) is 5. The fraction of sp³-hybridized carbons (Fsp3) is 0.321. The minimum absolute atomic E-state index is 0.163. The molecule has 0 aliphatic carbocycles. The van der Waals surface area contributed by atoms with Gasteiger partial charge in [-0.25, -0.2) is 0 Å². The average molecular weight is 464 g/mol. The number of rotatable bonds is 11. The lowest BCUT2D eigenvalue weighted by molar-refractivity contribution is 0.0931. The first kappa shape index (κ1) is 25.0. The molecule has 1 N–H and O–H groups in total. The molecule has 0 spiro atoms. The zero-order chi connectivity index (χ0) is 24.5. The SMILES string of the molecule is COc1ccc(C(CC(C)C)NC(=O)c2cccc(COc3ccccc3)c2)c(OC)c1OC. The minimum atomic E-state index is -0.272. The van der Waals surface area contributed by atoms with Crippen LogP contribution in [-0.2, 0) is 6.61 Å². The van der Waals surface area contributed by atoms with Crippen LogP contribution < -0.4 is 24.3 Å². The molecule has 180 valence electrons. The Morgan fingerprint density at radius 2 is 1.59 bits per heavy atom. The molecular formula is C28H33NO5. The number of methoxy groups -OCH3 is 3. The number of hydrogen-bond donors (Lipinski definition) is 1.